The second kappa shape index (κ2) is 3.13. The van der Waals surface area contributed by atoms with Gasteiger partial charge in [-0.05, 0) is 13.0 Å². The third-order valence-electron chi connectivity index (χ3n) is 1.90. The van der Waals surface area contributed by atoms with Gasteiger partial charge in [0.05, 0.1) is 0 Å². The van der Waals surface area contributed by atoms with Crippen molar-refractivity contribution in [2.75, 3.05) is 5.73 Å². The van der Waals surface area contributed by atoms with E-state index in [1.54, 1.807) is 0 Å². The van der Waals surface area contributed by atoms with Crippen LogP contribution in [-0.2, 0) is 5.60 Å². The van der Waals surface area contributed by atoms with Gasteiger partial charge >= 0.3 is 6.18 Å². The van der Waals surface area contributed by atoms with E-state index in [0.717, 1.165) is 12.3 Å². The minimum Gasteiger partial charge on any atom is -0.384 e. The molecule has 78 valence electrons. The number of hydrogen-bond donors (Lipinski definition) is 2. The Balaban J connectivity index is 3.10. The standard InChI is InChI=1S/C8H9F3N2O/c1-7(14,8(9,10)11)5-2-3-6(12)13-4-5/h2-4,14H,1H3,(H2,12,13). The second-order valence-electron chi connectivity index (χ2n) is 3.04. The van der Waals surface area contributed by atoms with Gasteiger partial charge in [-0.25, -0.2) is 4.98 Å². The Bertz CT molecular complexity index is 318. The number of pyridine rings is 1. The minimum atomic E-state index is -4.73. The minimum absolute atomic E-state index is 0.103. The maximum atomic E-state index is 12.3. The van der Waals surface area contributed by atoms with Gasteiger partial charge in [-0.1, -0.05) is 6.07 Å². The molecule has 0 aromatic carbocycles. The van der Waals surface area contributed by atoms with Crippen LogP contribution in [0.2, 0.25) is 0 Å². The van der Waals surface area contributed by atoms with Crippen molar-refractivity contribution in [1.29, 1.82) is 0 Å². The zero-order valence-electron chi connectivity index (χ0n) is 7.34. The monoisotopic (exact) mass is 206 g/mol. The van der Waals surface area contributed by atoms with Crippen molar-refractivity contribution >= 4 is 5.82 Å². The summed E-state index contributed by atoms with van der Waals surface area (Å²) in [6.07, 6.45) is -3.83. The molecule has 1 atom stereocenters. The Morgan fingerprint density at radius 3 is 2.29 bits per heavy atom. The zero-order valence-corrected chi connectivity index (χ0v) is 7.34. The third-order valence-corrected chi connectivity index (χ3v) is 1.90. The molecule has 1 aromatic heterocycles. The zero-order chi connectivity index (χ0) is 11.0. The van der Waals surface area contributed by atoms with Crippen molar-refractivity contribution in [2.24, 2.45) is 0 Å². The van der Waals surface area contributed by atoms with E-state index in [-0.39, 0.29) is 11.4 Å². The highest BCUT2D eigenvalue weighted by atomic mass is 19.4. The first-order chi connectivity index (χ1) is 6.25. The second-order valence-corrected chi connectivity index (χ2v) is 3.04. The number of nitrogens with zero attached hydrogens (tertiary/aromatic N) is 1. The fourth-order valence-corrected chi connectivity index (χ4v) is 0.857. The Morgan fingerprint density at radius 2 is 1.93 bits per heavy atom. The number of anilines is 1. The van der Waals surface area contributed by atoms with Crippen molar-refractivity contribution in [3.63, 3.8) is 0 Å². The summed E-state index contributed by atoms with van der Waals surface area (Å²) < 4.78 is 36.9. The molecule has 3 N–H and O–H groups in total. The first-order valence-corrected chi connectivity index (χ1v) is 3.76. The van der Waals surface area contributed by atoms with E-state index in [4.69, 9.17) is 5.73 Å². The van der Waals surface area contributed by atoms with E-state index in [0.29, 0.717) is 6.92 Å². The van der Waals surface area contributed by atoms with Crippen LogP contribution in [0.3, 0.4) is 0 Å². The molecule has 0 bridgehead atoms. The SMILES string of the molecule is CC(O)(c1ccc(N)nc1)C(F)(F)F. The molecule has 0 saturated carbocycles. The van der Waals surface area contributed by atoms with Crippen LogP contribution in [0.5, 0.6) is 0 Å². The number of alkyl halides is 3. The highest BCUT2D eigenvalue weighted by Crippen LogP contribution is 2.37. The summed E-state index contributed by atoms with van der Waals surface area (Å²) in [4.78, 5) is 3.48. The van der Waals surface area contributed by atoms with Crippen LogP contribution in [0.1, 0.15) is 12.5 Å². The van der Waals surface area contributed by atoms with E-state index >= 15 is 0 Å². The molecule has 14 heavy (non-hydrogen) atoms. The van der Waals surface area contributed by atoms with Crippen molar-refractivity contribution in [3.05, 3.63) is 23.9 Å². The summed E-state index contributed by atoms with van der Waals surface area (Å²) in [6, 6.07) is 2.30. The Labute approximate surface area is 78.4 Å². The summed E-state index contributed by atoms with van der Waals surface area (Å²) in [5.41, 5.74) is 1.98. The van der Waals surface area contributed by atoms with Gasteiger partial charge in [0.15, 0.2) is 5.60 Å². The van der Waals surface area contributed by atoms with Crippen LogP contribution < -0.4 is 5.73 Å². The fraction of sp³-hybridized carbons (Fsp3) is 0.375. The molecule has 0 amide bonds. The van der Waals surface area contributed by atoms with Crippen LogP contribution in [0.15, 0.2) is 18.3 Å². The Morgan fingerprint density at radius 1 is 1.36 bits per heavy atom. The van der Waals surface area contributed by atoms with E-state index in [2.05, 4.69) is 4.98 Å². The molecule has 0 radical (unpaired) electrons. The summed E-state index contributed by atoms with van der Waals surface area (Å²) in [5, 5.41) is 9.21. The molecule has 1 aromatic rings. The van der Waals surface area contributed by atoms with Crippen LogP contribution in [-0.4, -0.2) is 16.3 Å². The molecule has 0 spiro atoms. The topological polar surface area (TPSA) is 59.1 Å². The molecule has 0 aliphatic carbocycles. The summed E-state index contributed by atoms with van der Waals surface area (Å²) in [7, 11) is 0. The molecule has 1 heterocycles. The van der Waals surface area contributed by atoms with Gasteiger partial charge in [0.1, 0.15) is 5.82 Å². The van der Waals surface area contributed by atoms with E-state index in [9.17, 15) is 18.3 Å². The number of nitrogens with two attached hydrogens (primary N) is 1. The molecule has 1 rings (SSSR count). The van der Waals surface area contributed by atoms with Gasteiger partial charge in [0, 0.05) is 11.8 Å². The molecular formula is C8H9F3N2O. The maximum Gasteiger partial charge on any atom is 0.421 e. The average Bonchev–Trinajstić information content (AvgIpc) is 2.03. The number of nitrogen functional groups attached to an aromatic ring is 1. The number of hydrogen-bond acceptors (Lipinski definition) is 3. The lowest BCUT2D eigenvalue weighted by atomic mass is 9.97. The van der Waals surface area contributed by atoms with Gasteiger partial charge in [0.25, 0.3) is 0 Å². The number of aliphatic hydroxyl groups is 1. The molecule has 0 saturated heterocycles. The Kier molecular flexibility index (Phi) is 2.41. The van der Waals surface area contributed by atoms with Crippen LogP contribution in [0.25, 0.3) is 0 Å². The lowest BCUT2D eigenvalue weighted by Gasteiger charge is -2.26. The van der Waals surface area contributed by atoms with E-state index in [1.807, 2.05) is 0 Å². The van der Waals surface area contributed by atoms with Gasteiger partial charge < -0.3 is 10.8 Å². The largest absolute Gasteiger partial charge is 0.421 e. The molecular weight excluding hydrogens is 197 g/mol. The summed E-state index contributed by atoms with van der Waals surface area (Å²) in [6.45, 7) is 0.667. The van der Waals surface area contributed by atoms with Crippen LogP contribution in [0.4, 0.5) is 19.0 Å². The molecule has 0 fully saturated rings. The van der Waals surface area contributed by atoms with E-state index < -0.39 is 11.8 Å². The smallest absolute Gasteiger partial charge is 0.384 e. The highest BCUT2D eigenvalue weighted by molar-refractivity contribution is 5.32. The van der Waals surface area contributed by atoms with E-state index in [1.165, 1.54) is 6.07 Å². The summed E-state index contributed by atoms with van der Waals surface area (Å²) >= 11 is 0. The quantitative estimate of drug-likeness (QED) is 0.730. The molecule has 6 heteroatoms. The van der Waals surface area contributed by atoms with Gasteiger partial charge in [-0.3, -0.25) is 0 Å². The number of aromatic nitrogens is 1. The third kappa shape index (κ3) is 1.79. The van der Waals surface area contributed by atoms with Crippen LogP contribution in [0, 0.1) is 0 Å². The molecule has 0 aliphatic heterocycles. The fourth-order valence-electron chi connectivity index (χ4n) is 0.857. The summed E-state index contributed by atoms with van der Waals surface area (Å²) in [5.74, 6) is 0.103. The Hall–Kier alpha value is -1.30. The lowest BCUT2D eigenvalue weighted by molar-refractivity contribution is -0.259. The number of halogens is 3. The van der Waals surface area contributed by atoms with Crippen molar-refractivity contribution in [1.82, 2.24) is 4.98 Å². The van der Waals surface area contributed by atoms with Gasteiger partial charge in [-0.15, -0.1) is 0 Å². The van der Waals surface area contributed by atoms with Crippen molar-refractivity contribution in [2.45, 2.75) is 18.7 Å². The number of rotatable bonds is 1. The maximum absolute atomic E-state index is 12.3. The predicted octanol–water partition coefficient (Wildman–Crippen LogP) is 1.43. The molecule has 0 aliphatic rings. The van der Waals surface area contributed by atoms with Crippen LogP contribution >= 0.6 is 0 Å². The first kappa shape index (κ1) is 10.8. The highest BCUT2D eigenvalue weighted by Gasteiger charge is 2.51. The average molecular weight is 206 g/mol. The first-order valence-electron chi connectivity index (χ1n) is 3.76. The van der Waals surface area contributed by atoms with Crippen molar-refractivity contribution < 1.29 is 18.3 Å². The van der Waals surface area contributed by atoms with Crippen molar-refractivity contribution in [3.8, 4) is 0 Å². The normalized spacial score (nSPS) is 16.4. The molecule has 1 unspecified atom stereocenters. The van der Waals surface area contributed by atoms with Gasteiger partial charge in [0.2, 0.25) is 0 Å². The predicted molar refractivity (Wildman–Crippen MR) is 44.3 cm³/mol. The van der Waals surface area contributed by atoms with Gasteiger partial charge in [-0.2, -0.15) is 13.2 Å². The lowest BCUT2D eigenvalue weighted by Crippen LogP contribution is -2.39. The molecule has 3 nitrogen and oxygen atoms in total.